The topological polar surface area (TPSA) is 120 Å². The second kappa shape index (κ2) is 4.21. The normalized spacial score (nSPS) is 9.50. The SMILES string of the molecule is COC(=O)CNC(=O)c1nonc1N. The number of hydrogen-bond donors (Lipinski definition) is 2. The molecule has 0 radical (unpaired) electrons. The number of anilines is 1. The number of nitrogens with one attached hydrogen (secondary N) is 1. The molecule has 1 rings (SSSR count). The first-order chi connectivity index (χ1) is 6.65. The van der Waals surface area contributed by atoms with E-state index in [1.165, 1.54) is 7.11 Å². The lowest BCUT2D eigenvalue weighted by atomic mass is 10.4. The average Bonchev–Trinajstić information content (AvgIpc) is 2.60. The van der Waals surface area contributed by atoms with E-state index in [2.05, 4.69) is 25.0 Å². The molecular formula is C6H8N4O4. The molecule has 0 fully saturated rings. The molecule has 0 aliphatic rings. The van der Waals surface area contributed by atoms with Crippen LogP contribution in [0.5, 0.6) is 0 Å². The minimum absolute atomic E-state index is 0.132. The van der Waals surface area contributed by atoms with Crippen LogP contribution < -0.4 is 11.1 Å². The number of aromatic nitrogens is 2. The van der Waals surface area contributed by atoms with Crippen LogP contribution in [-0.2, 0) is 9.53 Å². The van der Waals surface area contributed by atoms with Crippen LogP contribution in [-0.4, -0.2) is 35.8 Å². The second-order valence-electron chi connectivity index (χ2n) is 2.26. The monoisotopic (exact) mass is 200 g/mol. The molecule has 0 aliphatic carbocycles. The van der Waals surface area contributed by atoms with Gasteiger partial charge in [0.15, 0.2) is 0 Å². The second-order valence-corrected chi connectivity index (χ2v) is 2.26. The molecule has 0 atom stereocenters. The van der Waals surface area contributed by atoms with Crippen LogP contribution in [0, 0.1) is 0 Å². The third-order valence-corrected chi connectivity index (χ3v) is 1.35. The molecule has 76 valence electrons. The van der Waals surface area contributed by atoms with E-state index in [0.29, 0.717) is 0 Å². The van der Waals surface area contributed by atoms with Crippen molar-refractivity contribution in [1.82, 2.24) is 15.6 Å². The molecule has 8 nitrogen and oxygen atoms in total. The number of carbonyl (C=O) groups excluding carboxylic acids is 2. The first-order valence-corrected chi connectivity index (χ1v) is 3.58. The van der Waals surface area contributed by atoms with Gasteiger partial charge < -0.3 is 15.8 Å². The highest BCUT2D eigenvalue weighted by Gasteiger charge is 2.16. The lowest BCUT2D eigenvalue weighted by molar-refractivity contribution is -0.139. The van der Waals surface area contributed by atoms with E-state index < -0.39 is 11.9 Å². The summed E-state index contributed by atoms with van der Waals surface area (Å²) >= 11 is 0. The minimum atomic E-state index is -0.644. The van der Waals surface area contributed by atoms with E-state index in [-0.39, 0.29) is 18.1 Å². The molecule has 1 amide bonds. The molecule has 0 aromatic carbocycles. The summed E-state index contributed by atoms with van der Waals surface area (Å²) in [4.78, 5) is 21.8. The number of esters is 1. The molecule has 0 saturated carbocycles. The van der Waals surface area contributed by atoms with Gasteiger partial charge in [0.05, 0.1) is 7.11 Å². The molecule has 0 aliphatic heterocycles. The lowest BCUT2D eigenvalue weighted by Gasteiger charge is -2.00. The van der Waals surface area contributed by atoms with Crippen LogP contribution in [0.2, 0.25) is 0 Å². The van der Waals surface area contributed by atoms with Gasteiger partial charge in [0.1, 0.15) is 6.54 Å². The highest BCUT2D eigenvalue weighted by molar-refractivity contribution is 5.97. The first-order valence-electron chi connectivity index (χ1n) is 3.58. The van der Waals surface area contributed by atoms with E-state index >= 15 is 0 Å². The fourth-order valence-electron chi connectivity index (χ4n) is 0.661. The van der Waals surface area contributed by atoms with Crippen LogP contribution in [0.15, 0.2) is 4.63 Å². The van der Waals surface area contributed by atoms with Gasteiger partial charge >= 0.3 is 5.97 Å². The molecule has 8 heteroatoms. The smallest absolute Gasteiger partial charge is 0.325 e. The Balaban J connectivity index is 2.52. The Labute approximate surface area is 78.4 Å². The van der Waals surface area contributed by atoms with Crippen molar-refractivity contribution in [2.24, 2.45) is 0 Å². The summed E-state index contributed by atoms with van der Waals surface area (Å²) in [6.07, 6.45) is 0. The van der Waals surface area contributed by atoms with Crippen molar-refractivity contribution >= 4 is 17.7 Å². The maximum Gasteiger partial charge on any atom is 0.325 e. The number of amides is 1. The Morgan fingerprint density at radius 2 is 2.29 bits per heavy atom. The highest BCUT2D eigenvalue weighted by Crippen LogP contribution is 2.02. The molecule has 3 N–H and O–H groups in total. The molecule has 0 bridgehead atoms. The zero-order valence-electron chi connectivity index (χ0n) is 7.31. The fraction of sp³-hybridized carbons (Fsp3) is 0.333. The number of ether oxygens (including phenoxy) is 1. The molecule has 1 heterocycles. The Hall–Kier alpha value is -2.12. The van der Waals surface area contributed by atoms with Crippen LogP contribution in [0.25, 0.3) is 0 Å². The number of nitrogens with two attached hydrogens (primary N) is 1. The van der Waals surface area contributed by atoms with E-state index in [1.54, 1.807) is 0 Å². The van der Waals surface area contributed by atoms with Gasteiger partial charge in [0.25, 0.3) is 5.91 Å². The summed E-state index contributed by atoms with van der Waals surface area (Å²) in [7, 11) is 1.21. The van der Waals surface area contributed by atoms with Crippen LogP contribution >= 0.6 is 0 Å². The number of hydrogen-bond acceptors (Lipinski definition) is 7. The molecular weight excluding hydrogens is 192 g/mol. The highest BCUT2D eigenvalue weighted by atomic mass is 16.6. The van der Waals surface area contributed by atoms with Crippen molar-refractivity contribution in [2.45, 2.75) is 0 Å². The van der Waals surface area contributed by atoms with Gasteiger partial charge in [-0.25, -0.2) is 4.63 Å². The Morgan fingerprint density at radius 3 is 2.79 bits per heavy atom. The molecule has 0 unspecified atom stereocenters. The summed E-state index contributed by atoms with van der Waals surface area (Å²) in [6.45, 7) is -0.262. The summed E-state index contributed by atoms with van der Waals surface area (Å²) in [5, 5.41) is 8.66. The number of nitrogen functional groups attached to an aromatic ring is 1. The maximum atomic E-state index is 11.2. The van der Waals surface area contributed by atoms with Crippen molar-refractivity contribution in [3.63, 3.8) is 0 Å². The lowest BCUT2D eigenvalue weighted by Crippen LogP contribution is -2.30. The summed E-state index contributed by atoms with van der Waals surface area (Å²) < 4.78 is 8.50. The Kier molecular flexibility index (Phi) is 3.00. The van der Waals surface area contributed by atoms with Gasteiger partial charge in [0, 0.05) is 0 Å². The number of methoxy groups -OCH3 is 1. The number of nitrogens with zero attached hydrogens (tertiary/aromatic N) is 2. The Bertz CT molecular complexity index is 347. The predicted molar refractivity (Wildman–Crippen MR) is 43.1 cm³/mol. The summed E-state index contributed by atoms with van der Waals surface area (Å²) in [6, 6.07) is 0. The van der Waals surface area contributed by atoms with Crippen molar-refractivity contribution in [2.75, 3.05) is 19.4 Å². The molecule has 14 heavy (non-hydrogen) atoms. The number of carbonyl (C=O) groups is 2. The Morgan fingerprint density at radius 1 is 1.57 bits per heavy atom. The zero-order valence-corrected chi connectivity index (χ0v) is 7.31. The average molecular weight is 200 g/mol. The van der Waals surface area contributed by atoms with Crippen LogP contribution in [0.1, 0.15) is 10.5 Å². The molecule has 1 aromatic heterocycles. The maximum absolute atomic E-state index is 11.2. The number of rotatable bonds is 3. The molecule has 1 aromatic rings. The van der Waals surface area contributed by atoms with E-state index in [9.17, 15) is 9.59 Å². The van der Waals surface area contributed by atoms with E-state index in [0.717, 1.165) is 0 Å². The third kappa shape index (κ3) is 2.19. The van der Waals surface area contributed by atoms with E-state index in [1.807, 2.05) is 0 Å². The predicted octanol–water partition coefficient (Wildman–Crippen LogP) is -1.45. The molecule has 0 spiro atoms. The van der Waals surface area contributed by atoms with Gasteiger partial charge in [-0.2, -0.15) is 0 Å². The van der Waals surface area contributed by atoms with Crippen LogP contribution in [0.4, 0.5) is 5.82 Å². The van der Waals surface area contributed by atoms with Crippen molar-refractivity contribution < 1.29 is 19.0 Å². The van der Waals surface area contributed by atoms with Gasteiger partial charge in [-0.1, -0.05) is 0 Å². The van der Waals surface area contributed by atoms with Gasteiger partial charge in [-0.3, -0.25) is 9.59 Å². The van der Waals surface area contributed by atoms with Crippen molar-refractivity contribution in [1.29, 1.82) is 0 Å². The zero-order chi connectivity index (χ0) is 10.6. The summed E-state index contributed by atoms with van der Waals surface area (Å²) in [5.41, 5.74) is 5.08. The van der Waals surface area contributed by atoms with Gasteiger partial charge in [0.2, 0.25) is 11.5 Å². The van der Waals surface area contributed by atoms with Crippen LogP contribution in [0.3, 0.4) is 0 Å². The summed E-state index contributed by atoms with van der Waals surface area (Å²) in [5.74, 6) is -1.35. The quantitative estimate of drug-likeness (QED) is 0.573. The van der Waals surface area contributed by atoms with Gasteiger partial charge in [-0.05, 0) is 10.3 Å². The largest absolute Gasteiger partial charge is 0.468 e. The standard InChI is InChI=1S/C6H8N4O4/c1-13-3(11)2-8-6(12)4-5(7)10-14-9-4/h2H2,1H3,(H2,7,10)(H,8,12). The van der Waals surface area contributed by atoms with Crippen molar-refractivity contribution in [3.05, 3.63) is 5.69 Å². The van der Waals surface area contributed by atoms with E-state index in [4.69, 9.17) is 5.73 Å². The first kappa shape index (κ1) is 9.96. The minimum Gasteiger partial charge on any atom is -0.468 e. The third-order valence-electron chi connectivity index (χ3n) is 1.35. The molecule has 0 saturated heterocycles. The van der Waals surface area contributed by atoms with Gasteiger partial charge in [-0.15, -0.1) is 0 Å². The fourth-order valence-corrected chi connectivity index (χ4v) is 0.661. The van der Waals surface area contributed by atoms with Crippen molar-refractivity contribution in [3.8, 4) is 0 Å².